The maximum atomic E-state index is 12.7. The van der Waals surface area contributed by atoms with E-state index in [0.29, 0.717) is 43.1 Å². The van der Waals surface area contributed by atoms with E-state index in [-0.39, 0.29) is 6.03 Å². The van der Waals surface area contributed by atoms with E-state index in [1.165, 1.54) is 12.1 Å². The molecule has 1 unspecified atom stereocenters. The van der Waals surface area contributed by atoms with Crippen molar-refractivity contribution in [2.75, 3.05) is 31.1 Å². The molecule has 2 heterocycles. The first-order chi connectivity index (χ1) is 13.8. The fraction of sp³-hybridized carbons (Fsp3) is 0.350. The average Bonchev–Trinajstić information content (AvgIpc) is 2.73. The molecule has 1 atom stereocenters. The predicted molar refractivity (Wildman–Crippen MR) is 101 cm³/mol. The summed E-state index contributed by atoms with van der Waals surface area (Å²) in [5.41, 5.74) is 0.362. The standard InChI is InChI=1S/C20H20F3N5O/c1-14(15-4-6-17(7-5-15)20(21,22)23)26-19(29)28-11-9-27(10-12-28)18-16(13-24)3-2-8-25-18/h2-8,14H,9-12H2,1H3,(H,26,29). The first-order valence-corrected chi connectivity index (χ1v) is 9.12. The topological polar surface area (TPSA) is 72.3 Å². The maximum Gasteiger partial charge on any atom is 0.416 e. The van der Waals surface area contributed by atoms with Crippen LogP contribution in [0.25, 0.3) is 0 Å². The molecule has 0 bridgehead atoms. The van der Waals surface area contributed by atoms with E-state index in [0.717, 1.165) is 12.1 Å². The van der Waals surface area contributed by atoms with E-state index in [9.17, 15) is 23.2 Å². The molecule has 9 heteroatoms. The number of rotatable bonds is 3. The molecule has 29 heavy (non-hydrogen) atoms. The molecule has 0 spiro atoms. The number of aromatic nitrogens is 1. The van der Waals surface area contributed by atoms with Crippen LogP contribution in [0, 0.1) is 11.3 Å². The summed E-state index contributed by atoms with van der Waals surface area (Å²) < 4.78 is 38.0. The molecular weight excluding hydrogens is 383 g/mol. The zero-order valence-electron chi connectivity index (χ0n) is 15.8. The van der Waals surface area contributed by atoms with Crippen LogP contribution >= 0.6 is 0 Å². The Morgan fingerprint density at radius 3 is 2.41 bits per heavy atom. The number of carbonyl (C=O) groups excluding carboxylic acids is 1. The molecule has 1 aliphatic rings. The van der Waals surface area contributed by atoms with E-state index in [1.807, 2.05) is 4.90 Å². The zero-order valence-corrected chi connectivity index (χ0v) is 15.8. The lowest BCUT2D eigenvalue weighted by atomic mass is 10.1. The highest BCUT2D eigenvalue weighted by molar-refractivity contribution is 5.75. The molecule has 0 aliphatic carbocycles. The molecular formula is C20H20F3N5O. The van der Waals surface area contributed by atoms with Gasteiger partial charge in [0.05, 0.1) is 17.2 Å². The van der Waals surface area contributed by atoms with Crippen molar-refractivity contribution in [1.29, 1.82) is 5.26 Å². The van der Waals surface area contributed by atoms with Crippen LogP contribution in [0.2, 0.25) is 0 Å². The molecule has 152 valence electrons. The number of alkyl halides is 3. The lowest BCUT2D eigenvalue weighted by molar-refractivity contribution is -0.137. The minimum Gasteiger partial charge on any atom is -0.352 e. The van der Waals surface area contributed by atoms with Gasteiger partial charge in [0.2, 0.25) is 0 Å². The molecule has 6 nitrogen and oxygen atoms in total. The third kappa shape index (κ3) is 4.77. The summed E-state index contributed by atoms with van der Waals surface area (Å²) in [6.07, 6.45) is -2.76. The summed E-state index contributed by atoms with van der Waals surface area (Å²) in [7, 11) is 0. The average molecular weight is 403 g/mol. The Morgan fingerprint density at radius 2 is 1.83 bits per heavy atom. The first-order valence-electron chi connectivity index (χ1n) is 9.12. The SMILES string of the molecule is CC(NC(=O)N1CCN(c2ncccc2C#N)CC1)c1ccc(C(F)(F)F)cc1. The number of amides is 2. The van der Waals surface area contributed by atoms with E-state index >= 15 is 0 Å². The van der Waals surface area contributed by atoms with Crippen molar-refractivity contribution in [3.63, 3.8) is 0 Å². The summed E-state index contributed by atoms with van der Waals surface area (Å²) in [4.78, 5) is 20.4. The van der Waals surface area contributed by atoms with Crippen LogP contribution in [0.5, 0.6) is 0 Å². The van der Waals surface area contributed by atoms with Crippen LogP contribution in [0.15, 0.2) is 42.6 Å². The minimum atomic E-state index is -4.39. The smallest absolute Gasteiger partial charge is 0.352 e. The van der Waals surface area contributed by atoms with E-state index in [2.05, 4.69) is 16.4 Å². The Kier molecular flexibility index (Phi) is 5.92. The van der Waals surface area contributed by atoms with Crippen molar-refractivity contribution in [3.8, 4) is 6.07 Å². The van der Waals surface area contributed by atoms with Crippen LogP contribution in [0.1, 0.15) is 29.7 Å². The largest absolute Gasteiger partial charge is 0.416 e. The highest BCUT2D eigenvalue weighted by Crippen LogP contribution is 2.30. The van der Waals surface area contributed by atoms with Gasteiger partial charge in [0, 0.05) is 32.4 Å². The van der Waals surface area contributed by atoms with Gasteiger partial charge in [0.25, 0.3) is 0 Å². The van der Waals surface area contributed by atoms with Gasteiger partial charge < -0.3 is 15.1 Å². The molecule has 0 saturated carbocycles. The number of nitrogens with zero attached hydrogens (tertiary/aromatic N) is 4. The summed E-state index contributed by atoms with van der Waals surface area (Å²) in [6.45, 7) is 3.70. The Balaban J connectivity index is 1.56. The summed E-state index contributed by atoms with van der Waals surface area (Å²) in [6, 6.07) is 9.58. The molecule has 1 fully saturated rings. The van der Waals surface area contributed by atoms with E-state index in [1.54, 1.807) is 30.2 Å². The second kappa shape index (κ2) is 8.39. The summed E-state index contributed by atoms with van der Waals surface area (Å²) in [5.74, 6) is 0.605. The molecule has 3 rings (SSSR count). The quantitative estimate of drug-likeness (QED) is 0.851. The molecule has 1 N–H and O–H groups in total. The van der Waals surface area contributed by atoms with E-state index < -0.39 is 17.8 Å². The number of carbonyl (C=O) groups is 1. The zero-order chi connectivity index (χ0) is 21.0. The number of nitriles is 1. The predicted octanol–water partition coefficient (Wildman–Crippen LogP) is 3.56. The Morgan fingerprint density at radius 1 is 1.17 bits per heavy atom. The highest BCUT2D eigenvalue weighted by atomic mass is 19.4. The van der Waals surface area contributed by atoms with Gasteiger partial charge >= 0.3 is 12.2 Å². The van der Waals surface area contributed by atoms with Gasteiger partial charge in [-0.2, -0.15) is 18.4 Å². The maximum absolute atomic E-state index is 12.7. The van der Waals surface area contributed by atoms with Gasteiger partial charge in [0.1, 0.15) is 11.9 Å². The van der Waals surface area contributed by atoms with E-state index in [4.69, 9.17) is 0 Å². The van der Waals surface area contributed by atoms with Gasteiger partial charge in [-0.15, -0.1) is 0 Å². The van der Waals surface area contributed by atoms with Gasteiger partial charge in [0.15, 0.2) is 0 Å². The lowest BCUT2D eigenvalue weighted by Gasteiger charge is -2.36. The van der Waals surface area contributed by atoms with Crippen LogP contribution in [0.3, 0.4) is 0 Å². The fourth-order valence-corrected chi connectivity index (χ4v) is 3.18. The minimum absolute atomic E-state index is 0.279. The molecule has 1 saturated heterocycles. The Hall–Kier alpha value is -3.28. The van der Waals surface area contributed by atoms with Gasteiger partial charge in [-0.05, 0) is 36.8 Å². The number of hydrogen-bond donors (Lipinski definition) is 1. The molecule has 1 aromatic heterocycles. The molecule has 2 amide bonds. The number of hydrogen-bond acceptors (Lipinski definition) is 4. The van der Waals surface area contributed by atoms with Gasteiger partial charge in [-0.25, -0.2) is 9.78 Å². The normalized spacial score (nSPS) is 15.6. The number of urea groups is 1. The summed E-state index contributed by atoms with van der Waals surface area (Å²) in [5, 5.41) is 12.0. The first kappa shape index (κ1) is 20.5. The van der Waals surface area contributed by atoms with Crippen LogP contribution < -0.4 is 10.2 Å². The number of anilines is 1. The third-order valence-electron chi connectivity index (χ3n) is 4.85. The van der Waals surface area contributed by atoms with Crippen molar-refractivity contribution in [1.82, 2.24) is 15.2 Å². The van der Waals surface area contributed by atoms with Crippen molar-refractivity contribution < 1.29 is 18.0 Å². The Labute approximate surface area is 166 Å². The Bertz CT molecular complexity index is 900. The van der Waals surface area contributed by atoms with Crippen molar-refractivity contribution in [2.45, 2.75) is 19.1 Å². The van der Waals surface area contributed by atoms with Gasteiger partial charge in [-0.3, -0.25) is 0 Å². The third-order valence-corrected chi connectivity index (χ3v) is 4.85. The number of benzene rings is 1. The van der Waals surface area contributed by atoms with Crippen LogP contribution in [0.4, 0.5) is 23.8 Å². The lowest BCUT2D eigenvalue weighted by Crippen LogP contribution is -2.52. The van der Waals surface area contributed by atoms with Crippen molar-refractivity contribution >= 4 is 11.8 Å². The fourth-order valence-electron chi connectivity index (χ4n) is 3.18. The number of nitrogens with one attached hydrogen (secondary N) is 1. The van der Waals surface area contributed by atoms with Crippen molar-refractivity contribution in [3.05, 3.63) is 59.3 Å². The second-order valence-electron chi connectivity index (χ2n) is 6.75. The molecule has 2 aromatic rings. The number of piperazine rings is 1. The van der Waals surface area contributed by atoms with Crippen molar-refractivity contribution in [2.24, 2.45) is 0 Å². The number of pyridine rings is 1. The highest BCUT2D eigenvalue weighted by Gasteiger charge is 2.30. The summed E-state index contributed by atoms with van der Waals surface area (Å²) >= 11 is 0. The molecule has 1 aliphatic heterocycles. The number of halogens is 3. The molecule has 1 aromatic carbocycles. The monoisotopic (exact) mass is 403 g/mol. The van der Waals surface area contributed by atoms with Crippen LogP contribution in [-0.4, -0.2) is 42.1 Å². The molecule has 0 radical (unpaired) electrons. The van der Waals surface area contributed by atoms with Gasteiger partial charge in [-0.1, -0.05) is 12.1 Å². The van der Waals surface area contributed by atoms with Crippen LogP contribution in [-0.2, 0) is 6.18 Å². The second-order valence-corrected chi connectivity index (χ2v) is 6.75.